The monoisotopic (exact) mass is 458 g/mol. The van der Waals surface area contributed by atoms with Gasteiger partial charge in [0.05, 0.1) is 17.8 Å². The molecule has 0 spiro atoms. The maximum atomic E-state index is 13.6. The average molecular weight is 459 g/mol. The predicted octanol–water partition coefficient (Wildman–Crippen LogP) is 3.06. The number of hydrogen-bond donors (Lipinski definition) is 1. The van der Waals surface area contributed by atoms with Crippen molar-refractivity contribution in [2.45, 2.75) is 50.3 Å². The van der Waals surface area contributed by atoms with Gasteiger partial charge >= 0.3 is 6.03 Å². The second-order valence-electron chi connectivity index (χ2n) is 8.65. The van der Waals surface area contributed by atoms with Gasteiger partial charge in [-0.05, 0) is 37.8 Å². The first kappa shape index (κ1) is 21.3. The maximum Gasteiger partial charge on any atom is 0.320 e. The number of carbonyl (C=O) groups is 2. The molecule has 5 rings (SSSR count). The second kappa shape index (κ2) is 9.15. The molecule has 0 radical (unpaired) electrons. The molecule has 170 valence electrons. The lowest BCUT2D eigenvalue weighted by atomic mass is 10.0. The Hall–Kier alpha value is -2.52. The zero-order valence-corrected chi connectivity index (χ0v) is 18.7. The molecule has 9 heteroatoms. The molecular formula is C23H27FN4O3S. The van der Waals surface area contributed by atoms with Crippen molar-refractivity contribution in [1.29, 1.82) is 0 Å². The minimum absolute atomic E-state index is 0.0377. The summed E-state index contributed by atoms with van der Waals surface area (Å²) in [5.74, 6) is -0.382. The van der Waals surface area contributed by atoms with Crippen molar-refractivity contribution in [2.24, 2.45) is 0 Å². The maximum absolute atomic E-state index is 13.6. The van der Waals surface area contributed by atoms with Gasteiger partial charge in [0.15, 0.2) is 0 Å². The number of ether oxygens (including phenoxy) is 1. The molecule has 1 aromatic carbocycles. The number of likely N-dealkylation sites (tertiary alicyclic amines) is 2. The molecule has 0 unspecified atom stereocenters. The Labute approximate surface area is 190 Å². The van der Waals surface area contributed by atoms with E-state index in [9.17, 15) is 14.0 Å². The summed E-state index contributed by atoms with van der Waals surface area (Å²) in [6.45, 7) is 2.80. The van der Waals surface area contributed by atoms with E-state index in [2.05, 4.69) is 5.32 Å². The fraction of sp³-hybridized carbons (Fsp3) is 0.522. The number of nitrogens with zero attached hydrogens (tertiary/aromatic N) is 3. The Kier molecular flexibility index (Phi) is 6.10. The standard InChI is InChI=1S/C23H27FN4O3S/c24-16-5-1-4-15(12-16)22-25-17(14-32-22)13-19-18(26-21(29)20-6-2-11-31-20)7-10-28(19)23(30)27-8-3-9-27/h1,4-5,12,14,18-20H,2-3,6-11,13H2,(H,26,29)/t18-,19-,20-/m0/s1. The van der Waals surface area contributed by atoms with E-state index in [1.807, 2.05) is 21.2 Å². The van der Waals surface area contributed by atoms with Crippen LogP contribution in [0, 0.1) is 5.82 Å². The lowest BCUT2D eigenvalue weighted by Gasteiger charge is -2.37. The quantitative estimate of drug-likeness (QED) is 0.747. The van der Waals surface area contributed by atoms with Crippen LogP contribution in [0.1, 0.15) is 31.4 Å². The van der Waals surface area contributed by atoms with Crippen LogP contribution in [0.3, 0.4) is 0 Å². The number of urea groups is 1. The normalized spacial score (nSPS) is 25.1. The molecule has 3 amide bonds. The number of hydrogen-bond acceptors (Lipinski definition) is 5. The molecule has 0 saturated carbocycles. The molecule has 0 bridgehead atoms. The van der Waals surface area contributed by atoms with Crippen LogP contribution < -0.4 is 5.32 Å². The van der Waals surface area contributed by atoms with Gasteiger partial charge in [0, 0.05) is 43.6 Å². The fourth-order valence-corrected chi connectivity index (χ4v) is 5.46. The van der Waals surface area contributed by atoms with Gasteiger partial charge < -0.3 is 19.9 Å². The van der Waals surface area contributed by atoms with Gasteiger partial charge in [0.1, 0.15) is 16.9 Å². The van der Waals surface area contributed by atoms with Crippen LogP contribution in [0.2, 0.25) is 0 Å². The number of thiazole rings is 1. The summed E-state index contributed by atoms with van der Waals surface area (Å²) in [6, 6.07) is 6.13. The van der Waals surface area contributed by atoms with Crippen molar-refractivity contribution in [3.05, 3.63) is 41.2 Å². The first-order valence-electron chi connectivity index (χ1n) is 11.3. The van der Waals surface area contributed by atoms with Gasteiger partial charge in [-0.1, -0.05) is 12.1 Å². The fourth-order valence-electron chi connectivity index (χ4n) is 4.63. The van der Waals surface area contributed by atoms with Crippen molar-refractivity contribution in [3.63, 3.8) is 0 Å². The summed E-state index contributed by atoms with van der Waals surface area (Å²) >= 11 is 1.46. The van der Waals surface area contributed by atoms with Crippen LogP contribution in [0.15, 0.2) is 29.6 Å². The van der Waals surface area contributed by atoms with Crippen LogP contribution in [-0.2, 0) is 16.0 Å². The topological polar surface area (TPSA) is 74.8 Å². The molecule has 0 aliphatic carbocycles. The number of halogens is 1. The summed E-state index contributed by atoms with van der Waals surface area (Å²) in [4.78, 5) is 34.2. The zero-order chi connectivity index (χ0) is 22.1. The Morgan fingerprint density at radius 2 is 2.09 bits per heavy atom. The van der Waals surface area contributed by atoms with E-state index >= 15 is 0 Å². The zero-order valence-electron chi connectivity index (χ0n) is 17.8. The number of nitrogens with one attached hydrogen (secondary N) is 1. The van der Waals surface area contributed by atoms with Crippen LogP contribution in [0.5, 0.6) is 0 Å². The highest BCUT2D eigenvalue weighted by Crippen LogP contribution is 2.29. The molecule has 7 nitrogen and oxygen atoms in total. The minimum Gasteiger partial charge on any atom is -0.368 e. The molecule has 3 fully saturated rings. The number of benzene rings is 1. The minimum atomic E-state index is -0.394. The highest BCUT2D eigenvalue weighted by Gasteiger charge is 2.41. The van der Waals surface area contributed by atoms with Gasteiger partial charge in [-0.3, -0.25) is 4.79 Å². The molecule has 1 aromatic heterocycles. The molecular weight excluding hydrogens is 431 g/mol. The van der Waals surface area contributed by atoms with Crippen molar-refractivity contribution >= 4 is 23.3 Å². The van der Waals surface area contributed by atoms with Crippen molar-refractivity contribution in [2.75, 3.05) is 26.2 Å². The van der Waals surface area contributed by atoms with Crippen molar-refractivity contribution < 1.29 is 18.7 Å². The molecule has 32 heavy (non-hydrogen) atoms. The molecule has 3 saturated heterocycles. The molecule has 1 N–H and O–H groups in total. The summed E-state index contributed by atoms with van der Waals surface area (Å²) < 4.78 is 19.2. The van der Waals surface area contributed by atoms with Gasteiger partial charge in [-0.25, -0.2) is 14.2 Å². The smallest absolute Gasteiger partial charge is 0.320 e. The van der Waals surface area contributed by atoms with E-state index < -0.39 is 6.10 Å². The lowest BCUT2D eigenvalue weighted by molar-refractivity contribution is -0.130. The average Bonchev–Trinajstić information content (AvgIpc) is 3.49. The van der Waals surface area contributed by atoms with E-state index in [1.54, 1.807) is 6.07 Å². The Bertz CT molecular complexity index is 989. The summed E-state index contributed by atoms with van der Waals surface area (Å²) in [5, 5.41) is 5.86. The Balaban J connectivity index is 1.33. The second-order valence-corrected chi connectivity index (χ2v) is 9.51. The summed E-state index contributed by atoms with van der Waals surface area (Å²) in [5.41, 5.74) is 1.59. The van der Waals surface area contributed by atoms with Crippen LogP contribution >= 0.6 is 11.3 Å². The Morgan fingerprint density at radius 1 is 1.22 bits per heavy atom. The van der Waals surface area contributed by atoms with Crippen LogP contribution in [-0.4, -0.2) is 71.2 Å². The third-order valence-corrected chi connectivity index (χ3v) is 7.45. The molecule has 3 aliphatic rings. The van der Waals surface area contributed by atoms with Gasteiger partial charge in [-0.15, -0.1) is 11.3 Å². The highest BCUT2D eigenvalue weighted by molar-refractivity contribution is 7.13. The van der Waals surface area contributed by atoms with E-state index in [-0.39, 0.29) is 29.8 Å². The highest BCUT2D eigenvalue weighted by atomic mass is 32.1. The van der Waals surface area contributed by atoms with Crippen LogP contribution in [0.4, 0.5) is 9.18 Å². The molecule has 2 aromatic rings. The lowest BCUT2D eigenvalue weighted by Crippen LogP contribution is -2.55. The number of rotatable bonds is 5. The predicted molar refractivity (Wildman–Crippen MR) is 119 cm³/mol. The first-order valence-corrected chi connectivity index (χ1v) is 12.1. The third-order valence-electron chi connectivity index (χ3n) is 6.51. The number of aromatic nitrogens is 1. The third kappa shape index (κ3) is 4.36. The number of amides is 3. The van der Waals surface area contributed by atoms with Gasteiger partial charge in [-0.2, -0.15) is 0 Å². The van der Waals surface area contributed by atoms with Gasteiger partial charge in [0.2, 0.25) is 5.91 Å². The van der Waals surface area contributed by atoms with E-state index in [0.29, 0.717) is 26.0 Å². The SMILES string of the molecule is O=C(N[C@H]1CCN(C(=O)N2CCC2)[C@H]1Cc1csc(-c2cccc(F)c2)n1)[C@@H]1CCCO1. The molecule has 3 atom stereocenters. The molecule has 4 heterocycles. The van der Waals surface area contributed by atoms with E-state index in [0.717, 1.165) is 48.6 Å². The van der Waals surface area contributed by atoms with Crippen molar-refractivity contribution in [3.8, 4) is 10.6 Å². The van der Waals surface area contributed by atoms with Gasteiger partial charge in [0.25, 0.3) is 0 Å². The van der Waals surface area contributed by atoms with E-state index in [1.165, 1.54) is 23.5 Å². The first-order chi connectivity index (χ1) is 15.6. The summed E-state index contributed by atoms with van der Waals surface area (Å²) in [6.07, 6.45) is 3.53. The molecule has 3 aliphatic heterocycles. The number of carbonyl (C=O) groups excluding carboxylic acids is 2. The van der Waals surface area contributed by atoms with Crippen molar-refractivity contribution in [1.82, 2.24) is 20.1 Å². The summed E-state index contributed by atoms with van der Waals surface area (Å²) in [7, 11) is 0. The Morgan fingerprint density at radius 3 is 2.81 bits per heavy atom. The van der Waals surface area contributed by atoms with Crippen LogP contribution in [0.25, 0.3) is 10.6 Å². The largest absolute Gasteiger partial charge is 0.368 e. The van der Waals surface area contributed by atoms with E-state index in [4.69, 9.17) is 9.72 Å².